The number of carbonyl (C=O) groups is 7. The number of nitrogens with zero attached hydrogens (tertiary/aromatic N) is 2. The number of hydrogen-bond acceptors (Lipinski definition) is 11. The molecule has 198 valence electrons. The molecule has 2 aliphatic heterocycles. The van der Waals surface area contributed by atoms with Crippen LogP contribution in [0.15, 0.2) is 12.3 Å². The van der Waals surface area contributed by atoms with Gasteiger partial charge in [-0.25, -0.2) is 9.59 Å². The Bertz CT molecular complexity index is 794. The molecule has 2 saturated heterocycles. The van der Waals surface area contributed by atoms with Crippen LogP contribution in [0.2, 0.25) is 0 Å². The van der Waals surface area contributed by atoms with Crippen LogP contribution in [0.25, 0.3) is 0 Å². The van der Waals surface area contributed by atoms with Crippen molar-refractivity contribution in [2.45, 2.75) is 64.2 Å². The normalized spacial score (nSPS) is 15.6. The molecule has 13 heteroatoms. The summed E-state index contributed by atoms with van der Waals surface area (Å²) >= 11 is 0. The third kappa shape index (κ3) is 10.0. The molecule has 2 fully saturated rings. The van der Waals surface area contributed by atoms with Gasteiger partial charge in [-0.1, -0.05) is 6.58 Å². The number of rotatable bonds is 17. The average molecular weight is 510 g/mol. The van der Waals surface area contributed by atoms with Gasteiger partial charge in [-0.3, -0.25) is 24.0 Å². The van der Waals surface area contributed by atoms with Crippen LogP contribution in [-0.2, 0) is 52.7 Å². The van der Waals surface area contributed by atoms with Gasteiger partial charge in [0.25, 0.3) is 17.7 Å². The van der Waals surface area contributed by atoms with Crippen LogP contribution in [0.3, 0.4) is 0 Å². The molecule has 0 bridgehead atoms. The van der Waals surface area contributed by atoms with E-state index in [1.54, 1.807) is 0 Å². The summed E-state index contributed by atoms with van der Waals surface area (Å²) in [6, 6.07) is 0. The van der Waals surface area contributed by atoms with E-state index in [-0.39, 0.29) is 102 Å². The Kier molecular flexibility index (Phi) is 11.9. The Morgan fingerprint density at radius 1 is 0.639 bits per heavy atom. The first-order valence-electron chi connectivity index (χ1n) is 11.6. The second-order valence-electron chi connectivity index (χ2n) is 8.15. The van der Waals surface area contributed by atoms with Crippen molar-refractivity contribution in [1.29, 1.82) is 0 Å². The molecule has 0 N–H and O–H groups in total. The summed E-state index contributed by atoms with van der Waals surface area (Å²) < 4.78 is 10.3. The highest BCUT2D eigenvalue weighted by Crippen LogP contribution is 2.21. The zero-order valence-corrected chi connectivity index (χ0v) is 20.0. The van der Waals surface area contributed by atoms with Gasteiger partial charge in [0.1, 0.15) is 13.2 Å². The third-order valence-corrected chi connectivity index (χ3v) is 5.10. The number of carbonyl (C=O) groups excluding carboxylic acids is 7. The Hall–Kier alpha value is -3.45. The predicted molar refractivity (Wildman–Crippen MR) is 118 cm³/mol. The molecule has 2 heterocycles. The molecular formula is C23H30N2O11. The Morgan fingerprint density at radius 2 is 1.06 bits per heavy atom. The molecule has 13 nitrogen and oxygen atoms in total. The van der Waals surface area contributed by atoms with Gasteiger partial charge in [-0.15, -0.1) is 10.1 Å². The Morgan fingerprint density at radius 3 is 1.50 bits per heavy atom. The van der Waals surface area contributed by atoms with Crippen LogP contribution in [0.1, 0.15) is 64.2 Å². The topological polar surface area (TPSA) is 163 Å². The van der Waals surface area contributed by atoms with Crippen molar-refractivity contribution < 1.29 is 52.7 Å². The average Bonchev–Trinajstić information content (AvgIpc) is 3.31. The zero-order valence-electron chi connectivity index (χ0n) is 20.0. The summed E-state index contributed by atoms with van der Waals surface area (Å²) in [6.45, 7) is 3.45. The van der Waals surface area contributed by atoms with Crippen molar-refractivity contribution >= 4 is 41.2 Å². The number of hydroxylamine groups is 4. The van der Waals surface area contributed by atoms with Crippen LogP contribution >= 0.6 is 0 Å². The van der Waals surface area contributed by atoms with Crippen molar-refractivity contribution in [3.8, 4) is 0 Å². The van der Waals surface area contributed by atoms with Gasteiger partial charge in [-0.2, -0.15) is 0 Å². The lowest BCUT2D eigenvalue weighted by Crippen LogP contribution is -2.32. The molecule has 0 aromatic carbocycles. The first-order valence-corrected chi connectivity index (χ1v) is 11.6. The van der Waals surface area contributed by atoms with E-state index in [2.05, 4.69) is 6.58 Å². The maximum atomic E-state index is 11.8. The smallest absolute Gasteiger partial charge is 0.333 e. The van der Waals surface area contributed by atoms with E-state index >= 15 is 0 Å². The second-order valence-corrected chi connectivity index (χ2v) is 8.15. The molecule has 0 unspecified atom stereocenters. The maximum Gasteiger partial charge on any atom is 0.333 e. The Balaban J connectivity index is 1.42. The summed E-state index contributed by atoms with van der Waals surface area (Å²) in [5, 5.41) is 1.36. The lowest BCUT2D eigenvalue weighted by Gasteiger charge is -2.15. The highest BCUT2D eigenvalue weighted by molar-refractivity contribution is 6.01. The number of imide groups is 1. The quantitative estimate of drug-likeness (QED) is 0.200. The van der Waals surface area contributed by atoms with E-state index in [4.69, 9.17) is 19.1 Å². The van der Waals surface area contributed by atoms with Crippen LogP contribution in [0.4, 0.5) is 0 Å². The molecule has 0 radical (unpaired) electrons. The van der Waals surface area contributed by atoms with Gasteiger partial charge < -0.3 is 19.1 Å². The molecule has 2 rings (SSSR count). The zero-order chi connectivity index (χ0) is 26.5. The minimum absolute atomic E-state index is 0.0102. The van der Waals surface area contributed by atoms with Gasteiger partial charge in [0.15, 0.2) is 11.6 Å². The molecule has 2 aliphatic rings. The van der Waals surface area contributed by atoms with Gasteiger partial charge in [-0.05, 0) is 19.3 Å². The largest absolute Gasteiger partial charge is 0.371 e. The summed E-state index contributed by atoms with van der Waals surface area (Å²) in [5.74, 6) is -3.31. The van der Waals surface area contributed by atoms with Crippen molar-refractivity contribution in [3.63, 3.8) is 0 Å². The lowest BCUT2D eigenvalue weighted by atomic mass is 10.2. The van der Waals surface area contributed by atoms with Crippen LogP contribution in [-0.4, -0.2) is 77.8 Å². The lowest BCUT2D eigenvalue weighted by molar-refractivity contribution is -0.197. The van der Waals surface area contributed by atoms with E-state index in [9.17, 15) is 33.6 Å². The number of Topliss-reactive ketones (excluding diaryl/α,β-unsaturated/α-hetero) is 2. The standard InChI is InChI=1S/C23H30N2O11/c1-16-8-9-19(28)24(16)35-22(31)6-2-4-17(26)14-33-12-13-34-15-18(27)5-3-7-23(32)36-25-20(29)10-11-21(25)30/h1-15H2. The first kappa shape index (κ1) is 28.8. The molecule has 36 heavy (non-hydrogen) atoms. The summed E-state index contributed by atoms with van der Waals surface area (Å²) in [7, 11) is 0. The molecule has 0 atom stereocenters. The SMILES string of the molecule is C=C1CCC(=O)N1OC(=O)CCCC(=O)COCCOCC(=O)CCCC(=O)ON1C(=O)CCC1=O. The summed E-state index contributed by atoms with van der Waals surface area (Å²) in [6.07, 6.45) is 1.15. The maximum absolute atomic E-state index is 11.8. The van der Waals surface area contributed by atoms with Gasteiger partial charge in [0.05, 0.1) is 18.9 Å². The molecule has 3 amide bonds. The van der Waals surface area contributed by atoms with Crippen LogP contribution in [0, 0.1) is 0 Å². The second kappa shape index (κ2) is 14.8. The molecular weight excluding hydrogens is 480 g/mol. The number of ether oxygens (including phenoxy) is 2. The number of hydrogen-bond donors (Lipinski definition) is 0. The highest BCUT2D eigenvalue weighted by Gasteiger charge is 2.32. The van der Waals surface area contributed by atoms with E-state index in [0.29, 0.717) is 17.2 Å². The molecule has 0 aliphatic carbocycles. The third-order valence-electron chi connectivity index (χ3n) is 5.10. The van der Waals surface area contributed by atoms with Gasteiger partial charge >= 0.3 is 11.9 Å². The van der Waals surface area contributed by atoms with E-state index in [1.165, 1.54) is 0 Å². The number of allylic oxidation sites excluding steroid dienone is 1. The summed E-state index contributed by atoms with van der Waals surface area (Å²) in [4.78, 5) is 90.9. The number of amides is 3. The minimum atomic E-state index is -0.769. The fraction of sp³-hybridized carbons (Fsp3) is 0.609. The van der Waals surface area contributed by atoms with Gasteiger partial charge in [0, 0.05) is 44.9 Å². The van der Waals surface area contributed by atoms with E-state index < -0.39 is 23.8 Å². The molecule has 0 saturated carbocycles. The van der Waals surface area contributed by atoms with Crippen molar-refractivity contribution in [2.75, 3.05) is 26.4 Å². The van der Waals surface area contributed by atoms with E-state index in [0.717, 1.165) is 5.06 Å². The summed E-state index contributed by atoms with van der Waals surface area (Å²) in [5.41, 5.74) is 0.428. The first-order chi connectivity index (χ1) is 17.2. The van der Waals surface area contributed by atoms with Crippen molar-refractivity contribution in [2.24, 2.45) is 0 Å². The van der Waals surface area contributed by atoms with Crippen LogP contribution in [0.5, 0.6) is 0 Å². The fourth-order valence-electron chi connectivity index (χ4n) is 3.19. The van der Waals surface area contributed by atoms with Crippen molar-refractivity contribution in [1.82, 2.24) is 10.1 Å². The highest BCUT2D eigenvalue weighted by atomic mass is 16.7. The number of ketones is 2. The predicted octanol–water partition coefficient (Wildman–Crippen LogP) is 0.700. The fourth-order valence-corrected chi connectivity index (χ4v) is 3.19. The van der Waals surface area contributed by atoms with Crippen molar-refractivity contribution in [3.05, 3.63) is 12.3 Å². The molecule has 0 aromatic rings. The minimum Gasteiger partial charge on any atom is -0.371 e. The molecule has 0 spiro atoms. The van der Waals surface area contributed by atoms with E-state index in [1.807, 2.05) is 0 Å². The molecule has 0 aromatic heterocycles. The Labute approximate surface area is 207 Å². The van der Waals surface area contributed by atoms with Gasteiger partial charge in [0.2, 0.25) is 0 Å². The monoisotopic (exact) mass is 510 g/mol. The van der Waals surface area contributed by atoms with Crippen LogP contribution < -0.4 is 0 Å².